The van der Waals surface area contributed by atoms with E-state index in [1.807, 2.05) is 30.3 Å². The Balaban J connectivity index is 1.78. The molecule has 1 aliphatic carbocycles. The van der Waals surface area contributed by atoms with Crippen molar-refractivity contribution < 1.29 is 9.53 Å². The lowest BCUT2D eigenvalue weighted by Gasteiger charge is -1.99. The molecule has 82 valence electrons. The van der Waals surface area contributed by atoms with E-state index in [1.165, 1.54) is 24.2 Å². The van der Waals surface area contributed by atoms with E-state index in [0.717, 1.165) is 10.1 Å². The standard InChI is InChI=1S/C13H12O2S/c14-13(15-8-9-5-6-9)12-7-10-3-1-2-4-11(10)16-12/h1-4,7,9H,5-6,8H2. The summed E-state index contributed by atoms with van der Waals surface area (Å²) in [6.07, 6.45) is 2.42. The zero-order chi connectivity index (χ0) is 11.0. The van der Waals surface area contributed by atoms with E-state index >= 15 is 0 Å². The maximum Gasteiger partial charge on any atom is 0.348 e. The Morgan fingerprint density at radius 1 is 1.38 bits per heavy atom. The maximum atomic E-state index is 11.7. The van der Waals surface area contributed by atoms with Crippen molar-refractivity contribution >= 4 is 27.4 Å². The molecule has 0 amide bonds. The van der Waals surface area contributed by atoms with E-state index in [4.69, 9.17) is 4.74 Å². The Morgan fingerprint density at radius 3 is 2.94 bits per heavy atom. The first-order valence-electron chi connectivity index (χ1n) is 5.48. The van der Waals surface area contributed by atoms with Gasteiger partial charge in [-0.25, -0.2) is 4.79 Å². The number of hydrogen-bond donors (Lipinski definition) is 0. The van der Waals surface area contributed by atoms with E-state index in [9.17, 15) is 4.79 Å². The monoisotopic (exact) mass is 232 g/mol. The molecule has 1 fully saturated rings. The van der Waals surface area contributed by atoms with E-state index in [1.54, 1.807) is 0 Å². The van der Waals surface area contributed by atoms with Gasteiger partial charge >= 0.3 is 5.97 Å². The average Bonchev–Trinajstić information content (AvgIpc) is 3.02. The summed E-state index contributed by atoms with van der Waals surface area (Å²) >= 11 is 1.50. The molecule has 0 N–H and O–H groups in total. The molecule has 16 heavy (non-hydrogen) atoms. The molecular formula is C13H12O2S. The van der Waals surface area contributed by atoms with Crippen LogP contribution in [0.2, 0.25) is 0 Å². The summed E-state index contributed by atoms with van der Waals surface area (Å²) in [4.78, 5) is 12.4. The topological polar surface area (TPSA) is 26.3 Å². The van der Waals surface area contributed by atoms with Gasteiger partial charge in [-0.3, -0.25) is 0 Å². The van der Waals surface area contributed by atoms with Crippen LogP contribution in [0.15, 0.2) is 30.3 Å². The summed E-state index contributed by atoms with van der Waals surface area (Å²) in [6, 6.07) is 9.92. The molecule has 0 saturated heterocycles. The van der Waals surface area contributed by atoms with Gasteiger partial charge in [0.15, 0.2) is 0 Å². The molecule has 0 bridgehead atoms. The number of thiophene rings is 1. The van der Waals surface area contributed by atoms with Crippen molar-refractivity contribution in [3.05, 3.63) is 35.2 Å². The number of carbonyl (C=O) groups is 1. The molecule has 1 aromatic carbocycles. The van der Waals surface area contributed by atoms with Gasteiger partial charge in [-0.05, 0) is 36.3 Å². The lowest BCUT2D eigenvalue weighted by atomic mass is 10.2. The van der Waals surface area contributed by atoms with Crippen LogP contribution in [0.3, 0.4) is 0 Å². The Bertz CT molecular complexity index is 492. The molecule has 1 aromatic heterocycles. The number of benzene rings is 1. The van der Waals surface area contributed by atoms with E-state index in [2.05, 4.69) is 0 Å². The minimum absolute atomic E-state index is 0.173. The second-order valence-electron chi connectivity index (χ2n) is 4.19. The van der Waals surface area contributed by atoms with Crippen LogP contribution in [0, 0.1) is 5.92 Å². The number of fused-ring (bicyclic) bond motifs is 1. The van der Waals surface area contributed by atoms with Crippen LogP contribution >= 0.6 is 11.3 Å². The average molecular weight is 232 g/mol. The Hall–Kier alpha value is -1.35. The minimum atomic E-state index is -0.173. The van der Waals surface area contributed by atoms with E-state index in [-0.39, 0.29) is 5.97 Å². The quantitative estimate of drug-likeness (QED) is 0.757. The molecule has 0 radical (unpaired) electrons. The highest BCUT2D eigenvalue weighted by atomic mass is 32.1. The van der Waals surface area contributed by atoms with Crippen molar-refractivity contribution in [2.45, 2.75) is 12.8 Å². The van der Waals surface area contributed by atoms with Gasteiger partial charge in [0.25, 0.3) is 0 Å². The summed E-state index contributed by atoms with van der Waals surface area (Å²) in [6.45, 7) is 0.590. The Labute approximate surface area is 97.8 Å². The van der Waals surface area contributed by atoms with Crippen LogP contribution in [0.4, 0.5) is 0 Å². The molecule has 2 nitrogen and oxygen atoms in total. The fourth-order valence-corrected chi connectivity index (χ4v) is 2.59. The van der Waals surface area contributed by atoms with E-state index in [0.29, 0.717) is 17.4 Å². The van der Waals surface area contributed by atoms with Gasteiger partial charge in [-0.2, -0.15) is 0 Å². The van der Waals surface area contributed by atoms with Crippen LogP contribution in [-0.2, 0) is 4.74 Å². The molecule has 0 unspecified atom stereocenters. The lowest BCUT2D eigenvalue weighted by Crippen LogP contribution is -2.05. The number of rotatable bonds is 3. The van der Waals surface area contributed by atoms with Gasteiger partial charge in [0, 0.05) is 4.70 Å². The van der Waals surface area contributed by atoms with Crippen LogP contribution in [-0.4, -0.2) is 12.6 Å². The summed E-state index contributed by atoms with van der Waals surface area (Å²) in [5, 5.41) is 1.12. The normalized spacial score (nSPS) is 15.2. The van der Waals surface area contributed by atoms with Crippen molar-refractivity contribution in [1.29, 1.82) is 0 Å². The van der Waals surface area contributed by atoms with Gasteiger partial charge in [-0.15, -0.1) is 11.3 Å². The first-order chi connectivity index (χ1) is 7.83. The molecule has 1 heterocycles. The number of ether oxygens (including phenoxy) is 1. The predicted octanol–water partition coefficient (Wildman–Crippen LogP) is 3.47. The Kier molecular flexibility index (Phi) is 2.40. The van der Waals surface area contributed by atoms with Crippen molar-refractivity contribution in [1.82, 2.24) is 0 Å². The SMILES string of the molecule is O=C(OCC1CC1)c1cc2ccccc2s1. The number of hydrogen-bond acceptors (Lipinski definition) is 3. The zero-order valence-electron chi connectivity index (χ0n) is 8.81. The highest BCUT2D eigenvalue weighted by molar-refractivity contribution is 7.20. The van der Waals surface area contributed by atoms with Gasteiger partial charge < -0.3 is 4.74 Å². The fourth-order valence-electron chi connectivity index (χ4n) is 1.63. The summed E-state index contributed by atoms with van der Waals surface area (Å²) < 4.78 is 6.39. The number of esters is 1. The van der Waals surface area contributed by atoms with Crippen molar-refractivity contribution in [3.8, 4) is 0 Å². The van der Waals surface area contributed by atoms with Crippen molar-refractivity contribution in [2.75, 3.05) is 6.61 Å². The number of carbonyl (C=O) groups excluding carboxylic acids is 1. The van der Waals surface area contributed by atoms with Crippen LogP contribution in [0.25, 0.3) is 10.1 Å². The van der Waals surface area contributed by atoms with Crippen LogP contribution < -0.4 is 0 Å². The smallest absolute Gasteiger partial charge is 0.348 e. The molecule has 0 spiro atoms. The van der Waals surface area contributed by atoms with Crippen LogP contribution in [0.5, 0.6) is 0 Å². The molecule has 0 atom stereocenters. The molecule has 1 aliphatic rings. The first kappa shape index (κ1) is 9.85. The molecule has 1 saturated carbocycles. The van der Waals surface area contributed by atoms with Gasteiger partial charge in [0.05, 0.1) is 6.61 Å². The summed E-state index contributed by atoms with van der Waals surface area (Å²) in [7, 11) is 0. The van der Waals surface area contributed by atoms with Crippen molar-refractivity contribution in [3.63, 3.8) is 0 Å². The zero-order valence-corrected chi connectivity index (χ0v) is 9.63. The Morgan fingerprint density at radius 2 is 2.19 bits per heavy atom. The minimum Gasteiger partial charge on any atom is -0.461 e. The highest BCUT2D eigenvalue weighted by Gasteiger charge is 2.23. The largest absolute Gasteiger partial charge is 0.461 e. The van der Waals surface area contributed by atoms with Crippen LogP contribution in [0.1, 0.15) is 22.5 Å². The molecule has 3 rings (SSSR count). The van der Waals surface area contributed by atoms with Gasteiger partial charge in [-0.1, -0.05) is 18.2 Å². The molecule has 0 aliphatic heterocycles. The predicted molar refractivity (Wildman–Crippen MR) is 64.8 cm³/mol. The third-order valence-electron chi connectivity index (χ3n) is 2.77. The molecule has 2 aromatic rings. The summed E-state index contributed by atoms with van der Waals surface area (Å²) in [5.74, 6) is 0.450. The molecular weight excluding hydrogens is 220 g/mol. The van der Waals surface area contributed by atoms with Gasteiger partial charge in [0.2, 0.25) is 0 Å². The third-order valence-corrected chi connectivity index (χ3v) is 3.87. The highest BCUT2D eigenvalue weighted by Crippen LogP contribution is 2.30. The van der Waals surface area contributed by atoms with Gasteiger partial charge in [0.1, 0.15) is 4.88 Å². The molecule has 3 heteroatoms. The second kappa shape index (κ2) is 3.91. The lowest BCUT2D eigenvalue weighted by molar-refractivity contribution is 0.0492. The second-order valence-corrected chi connectivity index (χ2v) is 5.27. The van der Waals surface area contributed by atoms with Crippen molar-refractivity contribution in [2.24, 2.45) is 5.92 Å². The van der Waals surface area contributed by atoms with E-state index < -0.39 is 0 Å². The summed E-state index contributed by atoms with van der Waals surface area (Å²) in [5.41, 5.74) is 0. The first-order valence-corrected chi connectivity index (χ1v) is 6.30. The maximum absolute atomic E-state index is 11.7. The third kappa shape index (κ3) is 1.95. The fraction of sp³-hybridized carbons (Fsp3) is 0.308.